The van der Waals surface area contributed by atoms with Crippen molar-refractivity contribution >= 4 is 17.7 Å². The largest absolute Gasteiger partial charge is 0.353 e. The highest BCUT2D eigenvalue weighted by Crippen LogP contribution is 2.49. The zero-order valence-electron chi connectivity index (χ0n) is 14.1. The van der Waals surface area contributed by atoms with Gasteiger partial charge in [-0.15, -0.1) is 0 Å². The van der Waals surface area contributed by atoms with Gasteiger partial charge in [0.25, 0.3) is 0 Å². The number of nitrogens with zero attached hydrogens (tertiary/aromatic N) is 1. The molecule has 1 saturated heterocycles. The van der Waals surface area contributed by atoms with Gasteiger partial charge < -0.3 is 5.32 Å². The van der Waals surface area contributed by atoms with Crippen molar-refractivity contribution in [3.8, 4) is 0 Å². The van der Waals surface area contributed by atoms with E-state index < -0.39 is 0 Å². The smallest absolute Gasteiger partial charge is 0.233 e. The van der Waals surface area contributed by atoms with Crippen LogP contribution < -0.4 is 5.32 Å². The SMILES string of the molecule is O=C(CCN1C(=O)[C@@H]2[C@@H](C1=O)[C@H]1C=C[C@H]2CC1)NC1CCCCC1. The third-order valence-corrected chi connectivity index (χ3v) is 6.38. The Morgan fingerprint density at radius 1 is 0.958 bits per heavy atom. The van der Waals surface area contributed by atoms with E-state index >= 15 is 0 Å². The van der Waals surface area contributed by atoms with E-state index in [-0.39, 0.29) is 60.4 Å². The third kappa shape index (κ3) is 2.68. The van der Waals surface area contributed by atoms with Crippen molar-refractivity contribution in [2.75, 3.05) is 6.54 Å². The fourth-order valence-electron chi connectivity index (χ4n) is 5.12. The number of hydrogen-bond donors (Lipinski definition) is 1. The average Bonchev–Trinajstić information content (AvgIpc) is 2.88. The van der Waals surface area contributed by atoms with Gasteiger partial charge in [-0.3, -0.25) is 19.3 Å². The molecule has 2 bridgehead atoms. The molecule has 1 heterocycles. The summed E-state index contributed by atoms with van der Waals surface area (Å²) in [6.45, 7) is 0.239. The number of amides is 3. The Morgan fingerprint density at radius 2 is 1.54 bits per heavy atom. The van der Waals surface area contributed by atoms with E-state index in [9.17, 15) is 14.4 Å². The first-order valence-corrected chi connectivity index (χ1v) is 9.48. The van der Waals surface area contributed by atoms with Crippen LogP contribution >= 0.6 is 0 Å². The van der Waals surface area contributed by atoms with E-state index in [1.54, 1.807) is 0 Å². The summed E-state index contributed by atoms with van der Waals surface area (Å²) < 4.78 is 0. The number of likely N-dealkylation sites (tertiary alicyclic amines) is 1. The monoisotopic (exact) mass is 330 g/mol. The second-order valence-corrected chi connectivity index (χ2v) is 7.82. The van der Waals surface area contributed by atoms with E-state index in [1.165, 1.54) is 24.2 Å². The van der Waals surface area contributed by atoms with Gasteiger partial charge in [0.1, 0.15) is 0 Å². The normalized spacial score (nSPS) is 35.4. The van der Waals surface area contributed by atoms with Crippen molar-refractivity contribution in [3.63, 3.8) is 0 Å². The molecule has 0 unspecified atom stereocenters. The predicted octanol–water partition coefficient (Wildman–Crippen LogP) is 2.02. The molecule has 0 aromatic rings. The Bertz CT molecular complexity index is 547. The lowest BCUT2D eigenvalue weighted by atomic mass is 9.63. The summed E-state index contributed by atoms with van der Waals surface area (Å²) in [6, 6.07) is 0.277. The Morgan fingerprint density at radius 3 is 2.08 bits per heavy atom. The van der Waals surface area contributed by atoms with E-state index in [0.717, 1.165) is 25.7 Å². The standard InChI is InChI=1S/C19H26N2O3/c22-15(20-14-4-2-1-3-5-14)10-11-21-18(23)16-12-6-7-13(9-8-12)17(16)19(21)24/h6-7,12-14,16-17H,1-5,8-11H2,(H,20,22)/t12-,13-,16-,17-/m0/s1. The lowest BCUT2D eigenvalue weighted by Crippen LogP contribution is -2.39. The van der Waals surface area contributed by atoms with Crippen molar-refractivity contribution in [2.24, 2.45) is 23.7 Å². The van der Waals surface area contributed by atoms with Gasteiger partial charge in [-0.2, -0.15) is 0 Å². The molecule has 1 aliphatic heterocycles. The molecule has 1 N–H and O–H groups in total. The minimum absolute atomic E-state index is 0.0292. The van der Waals surface area contributed by atoms with Crippen LogP contribution in [0.4, 0.5) is 0 Å². The van der Waals surface area contributed by atoms with Gasteiger partial charge >= 0.3 is 0 Å². The molecule has 5 rings (SSSR count). The molecule has 3 fully saturated rings. The summed E-state index contributed by atoms with van der Waals surface area (Å²) >= 11 is 0. The molecular formula is C19H26N2O3. The second-order valence-electron chi connectivity index (χ2n) is 7.82. The van der Waals surface area contributed by atoms with Gasteiger partial charge in [0.15, 0.2) is 0 Å². The maximum Gasteiger partial charge on any atom is 0.233 e. The van der Waals surface area contributed by atoms with E-state index in [0.29, 0.717) is 0 Å². The summed E-state index contributed by atoms with van der Waals surface area (Å²) in [5, 5.41) is 3.06. The minimum atomic E-state index is -0.164. The first kappa shape index (κ1) is 15.9. The van der Waals surface area contributed by atoms with Gasteiger partial charge in [0.05, 0.1) is 11.8 Å². The number of imide groups is 1. The molecule has 0 radical (unpaired) electrons. The lowest BCUT2D eigenvalue weighted by Gasteiger charge is -2.38. The maximum absolute atomic E-state index is 12.7. The van der Waals surface area contributed by atoms with Crippen LogP contribution in [0.5, 0.6) is 0 Å². The number of carbonyl (C=O) groups is 3. The molecule has 0 aromatic heterocycles. The van der Waals surface area contributed by atoms with E-state index in [4.69, 9.17) is 0 Å². The molecule has 0 spiro atoms. The van der Waals surface area contributed by atoms with Crippen LogP contribution in [0.15, 0.2) is 12.2 Å². The van der Waals surface area contributed by atoms with Crippen molar-refractivity contribution in [2.45, 2.75) is 57.4 Å². The Labute approximate surface area is 142 Å². The zero-order chi connectivity index (χ0) is 16.7. The molecule has 4 atom stereocenters. The molecule has 2 saturated carbocycles. The fourth-order valence-corrected chi connectivity index (χ4v) is 5.12. The average molecular weight is 330 g/mol. The summed E-state index contributed by atoms with van der Waals surface area (Å²) in [7, 11) is 0. The molecule has 5 heteroatoms. The highest BCUT2D eigenvalue weighted by molar-refractivity contribution is 6.06. The summed E-state index contributed by atoms with van der Waals surface area (Å²) in [5.41, 5.74) is 0. The number of carbonyl (C=O) groups excluding carboxylic acids is 3. The quantitative estimate of drug-likeness (QED) is 0.633. The predicted molar refractivity (Wildman–Crippen MR) is 88.7 cm³/mol. The summed E-state index contributed by atoms with van der Waals surface area (Å²) in [5.74, 6) is -0.0113. The number of allylic oxidation sites excluding steroid dienone is 2. The van der Waals surface area contributed by atoms with Crippen LogP contribution in [0.2, 0.25) is 0 Å². The van der Waals surface area contributed by atoms with Gasteiger partial charge in [-0.1, -0.05) is 31.4 Å². The Hall–Kier alpha value is -1.65. The number of nitrogens with one attached hydrogen (secondary N) is 1. The lowest BCUT2D eigenvalue weighted by molar-refractivity contribution is -0.140. The molecule has 3 amide bonds. The van der Waals surface area contributed by atoms with E-state index in [2.05, 4.69) is 17.5 Å². The van der Waals surface area contributed by atoms with Crippen LogP contribution in [0.25, 0.3) is 0 Å². The van der Waals surface area contributed by atoms with Crippen LogP contribution in [0.1, 0.15) is 51.4 Å². The van der Waals surface area contributed by atoms with E-state index in [1.807, 2.05) is 0 Å². The molecule has 5 aliphatic rings. The minimum Gasteiger partial charge on any atom is -0.353 e. The number of hydrogen-bond acceptors (Lipinski definition) is 3. The fraction of sp³-hybridized carbons (Fsp3) is 0.737. The molecule has 24 heavy (non-hydrogen) atoms. The van der Waals surface area contributed by atoms with Gasteiger partial charge in [-0.25, -0.2) is 0 Å². The van der Waals surface area contributed by atoms with Crippen molar-refractivity contribution in [3.05, 3.63) is 12.2 Å². The number of fused-ring (bicyclic) bond motifs is 1. The van der Waals surface area contributed by atoms with Crippen LogP contribution in [-0.4, -0.2) is 35.2 Å². The number of rotatable bonds is 4. The molecule has 130 valence electrons. The molecule has 0 aromatic carbocycles. The topological polar surface area (TPSA) is 66.5 Å². The molecule has 5 nitrogen and oxygen atoms in total. The second kappa shape index (κ2) is 6.34. The Kier molecular flexibility index (Phi) is 4.19. The molecular weight excluding hydrogens is 304 g/mol. The van der Waals surface area contributed by atoms with Gasteiger partial charge in [-0.05, 0) is 37.5 Å². The molecule has 4 aliphatic carbocycles. The Balaban J connectivity index is 1.34. The van der Waals surface area contributed by atoms with Crippen molar-refractivity contribution in [1.29, 1.82) is 0 Å². The first-order chi connectivity index (χ1) is 11.6. The third-order valence-electron chi connectivity index (χ3n) is 6.38. The summed E-state index contributed by atoms with van der Waals surface area (Å²) in [4.78, 5) is 38.9. The maximum atomic E-state index is 12.7. The van der Waals surface area contributed by atoms with Crippen LogP contribution in [0.3, 0.4) is 0 Å². The summed E-state index contributed by atoms with van der Waals surface area (Å²) in [6.07, 6.45) is 12.2. The van der Waals surface area contributed by atoms with Gasteiger partial charge in [0.2, 0.25) is 17.7 Å². The highest BCUT2D eigenvalue weighted by atomic mass is 16.2. The van der Waals surface area contributed by atoms with Crippen molar-refractivity contribution < 1.29 is 14.4 Å². The first-order valence-electron chi connectivity index (χ1n) is 9.48. The van der Waals surface area contributed by atoms with Crippen molar-refractivity contribution in [1.82, 2.24) is 10.2 Å². The highest BCUT2D eigenvalue weighted by Gasteiger charge is 2.56. The van der Waals surface area contributed by atoms with Gasteiger partial charge in [0, 0.05) is 19.0 Å². The van der Waals surface area contributed by atoms with Crippen LogP contribution in [0, 0.1) is 23.7 Å². The van der Waals surface area contributed by atoms with Crippen LogP contribution in [-0.2, 0) is 14.4 Å². The zero-order valence-corrected chi connectivity index (χ0v) is 14.1.